The fourth-order valence-corrected chi connectivity index (χ4v) is 3.59. The largest absolute Gasteiger partial charge is 0.486 e. The average Bonchev–Trinajstić information content (AvgIpc) is 2.77. The van der Waals surface area contributed by atoms with Gasteiger partial charge < -0.3 is 19.7 Å². The molecule has 0 bridgehead atoms. The molecule has 2 aromatic rings. The van der Waals surface area contributed by atoms with Crippen molar-refractivity contribution in [1.29, 1.82) is 0 Å². The van der Waals surface area contributed by atoms with Crippen LogP contribution in [0.2, 0.25) is 0 Å². The second kappa shape index (κ2) is 8.97. The number of carbonyl (C=O) groups excluding carboxylic acids is 1. The molecule has 28 heavy (non-hydrogen) atoms. The predicted molar refractivity (Wildman–Crippen MR) is 108 cm³/mol. The maximum atomic E-state index is 12.5. The lowest BCUT2D eigenvalue weighted by Gasteiger charge is -2.34. The Morgan fingerprint density at radius 1 is 0.893 bits per heavy atom. The van der Waals surface area contributed by atoms with Crippen molar-refractivity contribution in [1.82, 2.24) is 15.1 Å². The van der Waals surface area contributed by atoms with Gasteiger partial charge in [0, 0.05) is 39.3 Å². The Hall–Kier alpha value is -2.73. The Morgan fingerprint density at radius 3 is 2.43 bits per heavy atom. The minimum atomic E-state index is -0.00222. The first-order valence-electron chi connectivity index (χ1n) is 9.95. The van der Waals surface area contributed by atoms with Crippen molar-refractivity contribution in [2.24, 2.45) is 0 Å². The second-order valence-electron chi connectivity index (χ2n) is 7.20. The number of hydrogen-bond donors (Lipinski definition) is 1. The van der Waals surface area contributed by atoms with E-state index >= 15 is 0 Å². The van der Waals surface area contributed by atoms with Gasteiger partial charge in [-0.15, -0.1) is 0 Å². The third-order valence-corrected chi connectivity index (χ3v) is 5.27. The molecule has 0 spiro atoms. The minimum Gasteiger partial charge on any atom is -0.486 e. The number of amides is 2. The minimum absolute atomic E-state index is 0.00222. The zero-order valence-corrected chi connectivity index (χ0v) is 16.1. The van der Waals surface area contributed by atoms with Gasteiger partial charge in [0.25, 0.3) is 0 Å². The Kier molecular flexibility index (Phi) is 5.97. The lowest BCUT2D eigenvalue weighted by molar-refractivity contribution is 0.140. The molecule has 0 unspecified atom stereocenters. The Morgan fingerprint density at radius 2 is 1.64 bits per heavy atom. The summed E-state index contributed by atoms with van der Waals surface area (Å²) in [6, 6.07) is 16.4. The molecule has 0 aliphatic carbocycles. The van der Waals surface area contributed by atoms with Gasteiger partial charge in [0.2, 0.25) is 0 Å². The van der Waals surface area contributed by atoms with Crippen LogP contribution in [-0.2, 0) is 13.0 Å². The first-order chi connectivity index (χ1) is 13.8. The van der Waals surface area contributed by atoms with E-state index in [0.717, 1.165) is 56.2 Å². The lowest BCUT2D eigenvalue weighted by Crippen LogP contribution is -2.51. The number of hydrogen-bond acceptors (Lipinski definition) is 4. The van der Waals surface area contributed by atoms with Gasteiger partial charge in [0.05, 0.1) is 0 Å². The number of benzene rings is 2. The van der Waals surface area contributed by atoms with Crippen molar-refractivity contribution in [3.05, 3.63) is 59.7 Å². The average molecular weight is 381 g/mol. The summed E-state index contributed by atoms with van der Waals surface area (Å²) >= 11 is 0. The zero-order valence-electron chi connectivity index (χ0n) is 16.1. The summed E-state index contributed by atoms with van der Waals surface area (Å²) in [4.78, 5) is 16.8. The van der Waals surface area contributed by atoms with Gasteiger partial charge in [-0.05, 0) is 29.7 Å². The van der Waals surface area contributed by atoms with Gasteiger partial charge in [-0.2, -0.15) is 0 Å². The number of rotatable bonds is 5. The molecule has 1 saturated heterocycles. The molecule has 0 atom stereocenters. The Labute approximate surface area is 166 Å². The SMILES string of the molecule is O=C(NCc1ccc2c(c1)OCCO2)N1CCN(CCc2ccccc2)CC1. The van der Waals surface area contributed by atoms with Crippen LogP contribution in [0.5, 0.6) is 11.5 Å². The summed E-state index contributed by atoms with van der Waals surface area (Å²) in [7, 11) is 0. The number of ether oxygens (including phenoxy) is 2. The van der Waals surface area contributed by atoms with Crippen LogP contribution in [-0.4, -0.2) is 61.8 Å². The first-order valence-corrected chi connectivity index (χ1v) is 9.95. The molecule has 6 heteroatoms. The van der Waals surface area contributed by atoms with Gasteiger partial charge in [-0.1, -0.05) is 36.4 Å². The Bertz CT molecular complexity index is 789. The van der Waals surface area contributed by atoms with Crippen LogP contribution >= 0.6 is 0 Å². The number of piperazine rings is 1. The standard InChI is InChI=1S/C22H27N3O3/c26-22(23-17-19-6-7-20-21(16-19)28-15-14-27-20)25-12-10-24(11-13-25)9-8-18-4-2-1-3-5-18/h1-7,16H,8-15,17H2,(H,23,26). The van der Waals surface area contributed by atoms with Gasteiger partial charge >= 0.3 is 6.03 Å². The third-order valence-electron chi connectivity index (χ3n) is 5.27. The maximum absolute atomic E-state index is 12.5. The topological polar surface area (TPSA) is 54.0 Å². The lowest BCUT2D eigenvalue weighted by atomic mass is 10.1. The van der Waals surface area contributed by atoms with Crippen LogP contribution in [0.3, 0.4) is 0 Å². The summed E-state index contributed by atoms with van der Waals surface area (Å²) < 4.78 is 11.1. The monoisotopic (exact) mass is 381 g/mol. The second-order valence-corrected chi connectivity index (χ2v) is 7.20. The predicted octanol–water partition coefficient (Wildman–Crippen LogP) is 2.53. The molecule has 2 amide bonds. The smallest absolute Gasteiger partial charge is 0.317 e. The van der Waals surface area contributed by atoms with Crippen molar-refractivity contribution in [2.45, 2.75) is 13.0 Å². The highest BCUT2D eigenvalue weighted by atomic mass is 16.6. The van der Waals surface area contributed by atoms with Crippen molar-refractivity contribution in [3.63, 3.8) is 0 Å². The summed E-state index contributed by atoms with van der Waals surface area (Å²) in [5.41, 5.74) is 2.38. The molecular weight excluding hydrogens is 354 g/mol. The molecule has 2 aliphatic rings. The van der Waals surface area contributed by atoms with Crippen LogP contribution in [0, 0.1) is 0 Å². The zero-order chi connectivity index (χ0) is 19.2. The van der Waals surface area contributed by atoms with Crippen LogP contribution in [0.15, 0.2) is 48.5 Å². The van der Waals surface area contributed by atoms with Crippen molar-refractivity contribution in [2.75, 3.05) is 45.9 Å². The molecule has 2 aliphatic heterocycles. The Balaban J connectivity index is 1.20. The van der Waals surface area contributed by atoms with E-state index in [-0.39, 0.29) is 6.03 Å². The fourth-order valence-electron chi connectivity index (χ4n) is 3.59. The van der Waals surface area contributed by atoms with E-state index in [9.17, 15) is 4.79 Å². The van der Waals surface area contributed by atoms with E-state index in [1.54, 1.807) is 0 Å². The third kappa shape index (κ3) is 4.75. The van der Waals surface area contributed by atoms with E-state index in [1.165, 1.54) is 5.56 Å². The molecule has 1 N–H and O–H groups in total. The van der Waals surface area contributed by atoms with Crippen molar-refractivity contribution >= 4 is 6.03 Å². The van der Waals surface area contributed by atoms with E-state index in [4.69, 9.17) is 9.47 Å². The maximum Gasteiger partial charge on any atom is 0.317 e. The highest BCUT2D eigenvalue weighted by Crippen LogP contribution is 2.30. The molecule has 2 heterocycles. The van der Waals surface area contributed by atoms with E-state index < -0.39 is 0 Å². The molecule has 4 rings (SSSR count). The summed E-state index contributed by atoms with van der Waals surface area (Å²) in [6.07, 6.45) is 1.05. The van der Waals surface area contributed by atoms with Gasteiger partial charge in [0.1, 0.15) is 13.2 Å². The highest BCUT2D eigenvalue weighted by Gasteiger charge is 2.21. The van der Waals surface area contributed by atoms with E-state index in [0.29, 0.717) is 19.8 Å². The van der Waals surface area contributed by atoms with Crippen molar-refractivity contribution in [3.8, 4) is 11.5 Å². The molecule has 2 aromatic carbocycles. The molecule has 6 nitrogen and oxygen atoms in total. The number of nitrogens with zero attached hydrogens (tertiary/aromatic N) is 2. The van der Waals surface area contributed by atoms with Crippen molar-refractivity contribution < 1.29 is 14.3 Å². The molecule has 0 aromatic heterocycles. The normalized spacial score (nSPS) is 16.6. The summed E-state index contributed by atoms with van der Waals surface area (Å²) in [5, 5.41) is 3.02. The quantitative estimate of drug-likeness (QED) is 0.865. The van der Waals surface area contributed by atoms with Gasteiger partial charge in [0.15, 0.2) is 11.5 Å². The van der Waals surface area contributed by atoms with Gasteiger partial charge in [-0.25, -0.2) is 4.79 Å². The first kappa shape index (κ1) is 18.6. The fraction of sp³-hybridized carbons (Fsp3) is 0.409. The van der Waals surface area contributed by atoms with Crippen LogP contribution in [0.25, 0.3) is 0 Å². The molecule has 0 radical (unpaired) electrons. The van der Waals surface area contributed by atoms with Gasteiger partial charge in [-0.3, -0.25) is 4.90 Å². The highest BCUT2D eigenvalue weighted by molar-refractivity contribution is 5.74. The van der Waals surface area contributed by atoms with Crippen LogP contribution in [0.4, 0.5) is 4.79 Å². The number of urea groups is 1. The number of carbonyl (C=O) groups is 1. The molecular formula is C22H27N3O3. The number of nitrogens with one attached hydrogen (secondary N) is 1. The van der Waals surface area contributed by atoms with Crippen LogP contribution < -0.4 is 14.8 Å². The van der Waals surface area contributed by atoms with E-state index in [2.05, 4.69) is 34.5 Å². The molecule has 0 saturated carbocycles. The molecule has 148 valence electrons. The van der Waals surface area contributed by atoms with E-state index in [1.807, 2.05) is 29.2 Å². The number of fused-ring (bicyclic) bond motifs is 1. The summed E-state index contributed by atoms with van der Waals surface area (Å²) in [6.45, 7) is 6.05. The van der Waals surface area contributed by atoms with Crippen LogP contribution in [0.1, 0.15) is 11.1 Å². The summed E-state index contributed by atoms with van der Waals surface area (Å²) in [5.74, 6) is 1.53. The molecule has 1 fully saturated rings.